The molecule has 2 aromatic rings. The number of benzene rings is 1. The Kier molecular flexibility index (Phi) is 8.65. The zero-order valence-corrected chi connectivity index (χ0v) is 17.8. The fourth-order valence-corrected chi connectivity index (χ4v) is 4.93. The van der Waals surface area contributed by atoms with Gasteiger partial charge in [-0.15, -0.1) is 11.8 Å². The van der Waals surface area contributed by atoms with Crippen molar-refractivity contribution in [2.24, 2.45) is 5.73 Å². The van der Waals surface area contributed by atoms with Crippen LogP contribution in [0.1, 0.15) is 55.6 Å². The number of nitrogens with one attached hydrogen (secondary N) is 1. The summed E-state index contributed by atoms with van der Waals surface area (Å²) in [4.78, 5) is 5.30. The van der Waals surface area contributed by atoms with E-state index >= 15 is 0 Å². The van der Waals surface area contributed by atoms with E-state index in [0.717, 1.165) is 55.7 Å². The van der Waals surface area contributed by atoms with E-state index in [1.54, 1.807) is 6.07 Å². The first-order valence-corrected chi connectivity index (χ1v) is 11.7. The number of rotatable bonds is 11. The van der Waals surface area contributed by atoms with Crippen LogP contribution >= 0.6 is 11.8 Å². The zero-order valence-electron chi connectivity index (χ0n) is 17.0. The third-order valence-electron chi connectivity index (χ3n) is 5.76. The average molecular weight is 416 g/mol. The molecule has 2 atom stereocenters. The summed E-state index contributed by atoms with van der Waals surface area (Å²) in [5.41, 5.74) is 8.40. The molecular formula is C23H33N3O2S. The molecule has 0 saturated carbocycles. The van der Waals surface area contributed by atoms with Crippen molar-refractivity contribution in [2.75, 3.05) is 18.8 Å². The molecule has 0 aliphatic heterocycles. The van der Waals surface area contributed by atoms with Crippen LogP contribution in [-0.2, 0) is 6.42 Å². The van der Waals surface area contributed by atoms with E-state index < -0.39 is 0 Å². The number of aromatic hydroxyl groups is 2. The number of unbranched alkanes of at least 4 members (excludes halogenated alkanes) is 3. The number of hydrogen-bond acceptors (Lipinski definition) is 6. The standard InChI is InChI=1S/C23H33N3O2S/c24-21-8-6-20-18(7-9-22(27)23(20)28)19(21)5-3-1-2-4-12-25-15-16-29-17-10-13-26-14-11-17/h7,9-11,13-14,19,21,25,27-28H,1-6,8,12,15-16,24H2. The van der Waals surface area contributed by atoms with E-state index in [-0.39, 0.29) is 23.5 Å². The van der Waals surface area contributed by atoms with Crippen molar-refractivity contribution in [3.05, 3.63) is 47.8 Å². The van der Waals surface area contributed by atoms with Gasteiger partial charge in [0, 0.05) is 41.2 Å². The van der Waals surface area contributed by atoms with Gasteiger partial charge in [0.2, 0.25) is 0 Å². The molecule has 1 heterocycles. The lowest BCUT2D eigenvalue weighted by Crippen LogP contribution is -2.33. The number of phenolic OH excluding ortho intramolecular Hbond substituents is 2. The summed E-state index contributed by atoms with van der Waals surface area (Å²) in [5, 5.41) is 23.4. The highest BCUT2D eigenvalue weighted by atomic mass is 32.2. The van der Waals surface area contributed by atoms with Gasteiger partial charge in [0.1, 0.15) is 0 Å². The van der Waals surface area contributed by atoms with Gasteiger partial charge in [0.15, 0.2) is 11.5 Å². The molecule has 0 amide bonds. The van der Waals surface area contributed by atoms with Crippen LogP contribution < -0.4 is 11.1 Å². The van der Waals surface area contributed by atoms with E-state index in [2.05, 4.69) is 10.3 Å². The zero-order chi connectivity index (χ0) is 20.5. The fraction of sp³-hybridized carbons (Fsp3) is 0.522. The number of fused-ring (bicyclic) bond motifs is 1. The van der Waals surface area contributed by atoms with Crippen LogP contribution in [0.2, 0.25) is 0 Å². The Morgan fingerprint density at radius 1 is 1.03 bits per heavy atom. The highest BCUT2D eigenvalue weighted by Crippen LogP contribution is 2.42. The van der Waals surface area contributed by atoms with Crippen molar-refractivity contribution in [1.29, 1.82) is 0 Å². The first-order chi connectivity index (χ1) is 14.2. The summed E-state index contributed by atoms with van der Waals surface area (Å²) in [5.74, 6) is 1.39. The summed E-state index contributed by atoms with van der Waals surface area (Å²) in [6.07, 6.45) is 11.1. The van der Waals surface area contributed by atoms with Crippen molar-refractivity contribution in [1.82, 2.24) is 10.3 Å². The van der Waals surface area contributed by atoms with Crippen molar-refractivity contribution in [3.63, 3.8) is 0 Å². The third kappa shape index (κ3) is 6.36. The lowest BCUT2D eigenvalue weighted by atomic mass is 9.76. The lowest BCUT2D eigenvalue weighted by Gasteiger charge is -2.32. The molecule has 0 fully saturated rings. The van der Waals surface area contributed by atoms with Gasteiger partial charge in [-0.2, -0.15) is 0 Å². The Labute approximate surface area is 178 Å². The molecule has 158 valence electrons. The van der Waals surface area contributed by atoms with E-state index in [9.17, 15) is 10.2 Å². The number of thioether (sulfide) groups is 1. The van der Waals surface area contributed by atoms with Crippen LogP contribution in [0.5, 0.6) is 11.5 Å². The van der Waals surface area contributed by atoms with Gasteiger partial charge >= 0.3 is 0 Å². The van der Waals surface area contributed by atoms with Gasteiger partial charge in [-0.25, -0.2) is 0 Å². The second-order valence-corrected chi connectivity index (χ2v) is 8.96. The number of hydrogen-bond donors (Lipinski definition) is 4. The van der Waals surface area contributed by atoms with Crippen LogP contribution in [-0.4, -0.2) is 40.1 Å². The van der Waals surface area contributed by atoms with Crippen LogP contribution in [0.15, 0.2) is 41.6 Å². The minimum Gasteiger partial charge on any atom is -0.504 e. The first kappa shape index (κ1) is 21.9. The average Bonchev–Trinajstić information content (AvgIpc) is 2.74. The van der Waals surface area contributed by atoms with Gasteiger partial charge in [-0.3, -0.25) is 4.98 Å². The number of nitrogens with zero attached hydrogens (tertiary/aromatic N) is 1. The number of aromatic nitrogens is 1. The first-order valence-electron chi connectivity index (χ1n) is 10.7. The van der Waals surface area contributed by atoms with Gasteiger partial charge < -0.3 is 21.3 Å². The van der Waals surface area contributed by atoms with E-state index in [4.69, 9.17) is 5.73 Å². The van der Waals surface area contributed by atoms with Crippen molar-refractivity contribution in [3.8, 4) is 11.5 Å². The van der Waals surface area contributed by atoms with Gasteiger partial charge in [-0.05, 0) is 61.9 Å². The molecule has 0 radical (unpaired) electrons. The van der Waals surface area contributed by atoms with E-state index in [0.29, 0.717) is 0 Å². The summed E-state index contributed by atoms with van der Waals surface area (Å²) in [6, 6.07) is 7.78. The van der Waals surface area contributed by atoms with Crippen molar-refractivity contribution < 1.29 is 10.2 Å². The summed E-state index contributed by atoms with van der Waals surface area (Å²) < 4.78 is 0. The van der Waals surface area contributed by atoms with Crippen molar-refractivity contribution >= 4 is 11.8 Å². The second kappa shape index (κ2) is 11.4. The molecule has 5 nitrogen and oxygen atoms in total. The van der Waals surface area contributed by atoms with Crippen LogP contribution in [0, 0.1) is 0 Å². The molecule has 1 aromatic carbocycles. The van der Waals surface area contributed by atoms with Crippen molar-refractivity contribution in [2.45, 2.75) is 61.8 Å². The largest absolute Gasteiger partial charge is 0.504 e. The Balaban J connectivity index is 1.28. The fourth-order valence-electron chi connectivity index (χ4n) is 4.13. The van der Waals surface area contributed by atoms with Gasteiger partial charge in [-0.1, -0.05) is 25.3 Å². The number of phenols is 2. The molecule has 1 aliphatic carbocycles. The van der Waals surface area contributed by atoms with Gasteiger partial charge in [0.25, 0.3) is 0 Å². The monoisotopic (exact) mass is 415 g/mol. The molecule has 6 heteroatoms. The molecule has 3 rings (SSSR count). The Bertz CT molecular complexity index is 757. The Morgan fingerprint density at radius 3 is 2.66 bits per heavy atom. The topological polar surface area (TPSA) is 91.4 Å². The molecule has 0 saturated heterocycles. The maximum atomic E-state index is 10.1. The third-order valence-corrected chi connectivity index (χ3v) is 6.77. The molecule has 0 spiro atoms. The highest BCUT2D eigenvalue weighted by Gasteiger charge is 2.29. The second-order valence-electron chi connectivity index (χ2n) is 7.79. The molecule has 0 bridgehead atoms. The minimum absolute atomic E-state index is 0.0235. The van der Waals surface area contributed by atoms with Gasteiger partial charge in [0.05, 0.1) is 0 Å². The minimum atomic E-state index is -0.0235. The molecule has 1 aromatic heterocycles. The SMILES string of the molecule is NC1CCc2c(ccc(O)c2O)C1CCCCCCNCCSc1ccncc1. The maximum absolute atomic E-state index is 10.1. The maximum Gasteiger partial charge on any atom is 0.160 e. The van der Waals surface area contributed by atoms with Crippen LogP contribution in [0.4, 0.5) is 0 Å². The highest BCUT2D eigenvalue weighted by molar-refractivity contribution is 7.99. The van der Waals surface area contributed by atoms with Crippen LogP contribution in [0.3, 0.4) is 0 Å². The molecular weight excluding hydrogens is 382 g/mol. The number of pyridine rings is 1. The smallest absolute Gasteiger partial charge is 0.160 e. The molecule has 29 heavy (non-hydrogen) atoms. The summed E-state index contributed by atoms with van der Waals surface area (Å²) in [7, 11) is 0. The molecule has 2 unspecified atom stereocenters. The quantitative estimate of drug-likeness (QED) is 0.250. The normalized spacial score (nSPS) is 18.5. The van der Waals surface area contributed by atoms with Crippen LogP contribution in [0.25, 0.3) is 0 Å². The predicted molar refractivity (Wildman–Crippen MR) is 120 cm³/mol. The molecule has 1 aliphatic rings. The lowest BCUT2D eigenvalue weighted by molar-refractivity contribution is 0.380. The summed E-state index contributed by atoms with van der Waals surface area (Å²) >= 11 is 1.86. The summed E-state index contributed by atoms with van der Waals surface area (Å²) in [6.45, 7) is 2.09. The van der Waals surface area contributed by atoms with E-state index in [1.807, 2.05) is 42.4 Å². The predicted octanol–water partition coefficient (Wildman–Crippen LogP) is 4.18. The van der Waals surface area contributed by atoms with E-state index in [1.165, 1.54) is 24.2 Å². The Morgan fingerprint density at radius 2 is 1.83 bits per heavy atom. The number of nitrogens with two attached hydrogens (primary N) is 1. The Hall–Kier alpha value is -1.76. The molecule has 5 N–H and O–H groups in total.